The average Bonchev–Trinajstić information content (AvgIpc) is 3.36. The highest BCUT2D eigenvalue weighted by molar-refractivity contribution is 8.00. The predicted molar refractivity (Wildman–Crippen MR) is 144 cm³/mol. The number of anilines is 1. The molecule has 1 atom stereocenters. The maximum atomic E-state index is 13.7. The van der Waals surface area contributed by atoms with Crippen molar-refractivity contribution in [3.05, 3.63) is 82.1 Å². The van der Waals surface area contributed by atoms with Crippen molar-refractivity contribution in [2.45, 2.75) is 37.2 Å². The summed E-state index contributed by atoms with van der Waals surface area (Å²) in [4.78, 5) is 31.8. The summed E-state index contributed by atoms with van der Waals surface area (Å²) in [7, 11) is 1.61. The standard InChI is InChI=1S/C28H27N3O5S/c1-4-25(26(32)29-19-7-5-6-17(2)12-19)37-28-30-22-14-24-23(35-16-36-24)13-21(22)27(33)31(28)15-18-8-10-20(34-3)11-9-18/h5-14,25H,4,15-16H2,1-3H3,(H,29,32)/t25-/m0/s1. The van der Waals surface area contributed by atoms with Crippen LogP contribution in [-0.4, -0.2) is 34.6 Å². The minimum absolute atomic E-state index is 0.102. The number of aromatic nitrogens is 2. The number of benzene rings is 3. The summed E-state index contributed by atoms with van der Waals surface area (Å²) in [5.74, 6) is 1.65. The van der Waals surface area contributed by atoms with Crippen molar-refractivity contribution in [1.29, 1.82) is 0 Å². The molecule has 0 spiro atoms. The second-order valence-corrected chi connectivity index (χ2v) is 9.90. The van der Waals surface area contributed by atoms with E-state index in [2.05, 4.69) is 5.32 Å². The van der Waals surface area contributed by atoms with Crippen molar-refractivity contribution in [1.82, 2.24) is 9.55 Å². The highest BCUT2D eigenvalue weighted by Gasteiger charge is 2.24. The summed E-state index contributed by atoms with van der Waals surface area (Å²) >= 11 is 1.28. The van der Waals surface area contributed by atoms with E-state index >= 15 is 0 Å². The molecule has 190 valence electrons. The van der Waals surface area contributed by atoms with Crippen LogP contribution in [0.1, 0.15) is 24.5 Å². The molecule has 0 saturated carbocycles. The van der Waals surface area contributed by atoms with Gasteiger partial charge in [-0.3, -0.25) is 14.2 Å². The number of nitrogens with one attached hydrogen (secondary N) is 1. The molecule has 37 heavy (non-hydrogen) atoms. The fraction of sp³-hybridized carbons (Fsp3) is 0.250. The van der Waals surface area contributed by atoms with Crippen LogP contribution in [0.15, 0.2) is 70.6 Å². The van der Waals surface area contributed by atoms with Gasteiger partial charge in [0.15, 0.2) is 16.7 Å². The maximum absolute atomic E-state index is 13.7. The summed E-state index contributed by atoms with van der Waals surface area (Å²) in [6, 6.07) is 18.6. The van der Waals surface area contributed by atoms with Gasteiger partial charge in [-0.25, -0.2) is 4.98 Å². The number of ether oxygens (including phenoxy) is 3. The third-order valence-corrected chi connectivity index (χ3v) is 7.46. The van der Waals surface area contributed by atoms with Gasteiger partial charge in [0.25, 0.3) is 5.56 Å². The Balaban J connectivity index is 1.53. The zero-order valence-electron chi connectivity index (χ0n) is 20.8. The molecule has 8 nitrogen and oxygen atoms in total. The fourth-order valence-electron chi connectivity index (χ4n) is 4.13. The Kier molecular flexibility index (Phi) is 7.05. The molecule has 0 bridgehead atoms. The molecule has 0 fully saturated rings. The van der Waals surface area contributed by atoms with Crippen LogP contribution in [0, 0.1) is 6.92 Å². The molecular formula is C28H27N3O5S. The van der Waals surface area contributed by atoms with Crippen molar-refractivity contribution >= 4 is 34.3 Å². The third-order valence-electron chi connectivity index (χ3n) is 6.11. The van der Waals surface area contributed by atoms with Crippen LogP contribution in [0.4, 0.5) is 5.69 Å². The summed E-state index contributed by atoms with van der Waals surface area (Å²) in [5, 5.41) is 3.43. The molecule has 1 aliphatic heterocycles. The maximum Gasteiger partial charge on any atom is 0.262 e. The van der Waals surface area contributed by atoms with E-state index in [1.54, 1.807) is 23.8 Å². The lowest BCUT2D eigenvalue weighted by Crippen LogP contribution is -2.28. The SMILES string of the molecule is CC[C@H](Sc1nc2cc3c(cc2c(=O)n1Cc1ccc(OC)cc1)OCO3)C(=O)Nc1cccc(C)c1. The largest absolute Gasteiger partial charge is 0.497 e. The molecule has 1 amide bonds. The van der Waals surface area contributed by atoms with Crippen molar-refractivity contribution in [3.63, 3.8) is 0 Å². The molecule has 5 rings (SSSR count). The van der Waals surface area contributed by atoms with Crippen LogP contribution in [0.25, 0.3) is 10.9 Å². The minimum atomic E-state index is -0.457. The molecule has 1 N–H and O–H groups in total. The molecule has 0 aliphatic carbocycles. The highest BCUT2D eigenvalue weighted by Crippen LogP contribution is 2.35. The van der Waals surface area contributed by atoms with E-state index in [-0.39, 0.29) is 18.3 Å². The second-order valence-electron chi connectivity index (χ2n) is 8.73. The lowest BCUT2D eigenvalue weighted by atomic mass is 10.2. The first kappa shape index (κ1) is 24.7. The number of amides is 1. The van der Waals surface area contributed by atoms with E-state index in [9.17, 15) is 9.59 Å². The Labute approximate surface area is 218 Å². The molecule has 0 radical (unpaired) electrons. The summed E-state index contributed by atoms with van der Waals surface area (Å²) < 4.78 is 17.9. The van der Waals surface area contributed by atoms with Crippen LogP contribution < -0.4 is 25.1 Å². The van der Waals surface area contributed by atoms with Crippen LogP contribution in [-0.2, 0) is 11.3 Å². The van der Waals surface area contributed by atoms with Gasteiger partial charge in [0.1, 0.15) is 5.75 Å². The normalized spacial score (nSPS) is 12.9. The zero-order chi connectivity index (χ0) is 25.9. The second kappa shape index (κ2) is 10.6. The summed E-state index contributed by atoms with van der Waals surface area (Å²) in [5.41, 5.74) is 2.98. The quantitative estimate of drug-likeness (QED) is 0.260. The van der Waals surface area contributed by atoms with Crippen LogP contribution in [0.2, 0.25) is 0 Å². The number of carbonyl (C=O) groups is 1. The predicted octanol–water partition coefficient (Wildman–Crippen LogP) is 5.00. The third kappa shape index (κ3) is 5.27. The van der Waals surface area contributed by atoms with E-state index in [4.69, 9.17) is 19.2 Å². The van der Waals surface area contributed by atoms with Gasteiger partial charge in [0.05, 0.1) is 29.8 Å². The minimum Gasteiger partial charge on any atom is -0.497 e. The molecule has 1 aliphatic rings. The van der Waals surface area contributed by atoms with Crippen LogP contribution >= 0.6 is 11.8 Å². The number of thioether (sulfide) groups is 1. The van der Waals surface area contributed by atoms with E-state index in [0.717, 1.165) is 22.6 Å². The number of hydrogen-bond acceptors (Lipinski definition) is 7. The topological polar surface area (TPSA) is 91.7 Å². The molecule has 3 aromatic carbocycles. The first-order valence-electron chi connectivity index (χ1n) is 12.0. The van der Waals surface area contributed by atoms with Gasteiger partial charge in [-0.15, -0.1) is 0 Å². The summed E-state index contributed by atoms with van der Waals surface area (Å²) in [6.45, 7) is 4.31. The van der Waals surface area contributed by atoms with Gasteiger partial charge >= 0.3 is 0 Å². The molecule has 0 unspecified atom stereocenters. The van der Waals surface area contributed by atoms with Gasteiger partial charge in [-0.2, -0.15) is 0 Å². The van der Waals surface area contributed by atoms with Gasteiger partial charge in [0, 0.05) is 11.8 Å². The lowest BCUT2D eigenvalue weighted by molar-refractivity contribution is -0.115. The summed E-state index contributed by atoms with van der Waals surface area (Å²) in [6.07, 6.45) is 0.555. The highest BCUT2D eigenvalue weighted by atomic mass is 32.2. The Morgan fingerprint density at radius 3 is 2.59 bits per heavy atom. The molecule has 2 heterocycles. The lowest BCUT2D eigenvalue weighted by Gasteiger charge is -2.18. The molecular weight excluding hydrogens is 490 g/mol. The number of rotatable bonds is 8. The van der Waals surface area contributed by atoms with Crippen LogP contribution in [0.5, 0.6) is 17.2 Å². The zero-order valence-corrected chi connectivity index (χ0v) is 21.6. The van der Waals surface area contributed by atoms with E-state index in [1.165, 1.54) is 11.8 Å². The molecule has 0 saturated heterocycles. The van der Waals surface area contributed by atoms with Crippen molar-refractivity contribution < 1.29 is 19.0 Å². The number of nitrogens with zero attached hydrogens (tertiary/aromatic N) is 2. The van der Waals surface area contributed by atoms with Crippen molar-refractivity contribution in [3.8, 4) is 17.2 Å². The Bertz CT molecular complexity index is 1520. The first-order valence-corrected chi connectivity index (χ1v) is 12.8. The smallest absolute Gasteiger partial charge is 0.262 e. The monoisotopic (exact) mass is 517 g/mol. The van der Waals surface area contributed by atoms with E-state index in [0.29, 0.717) is 40.5 Å². The molecule has 1 aromatic heterocycles. The number of aryl methyl sites for hydroxylation is 1. The van der Waals surface area contributed by atoms with Crippen LogP contribution in [0.3, 0.4) is 0 Å². The fourth-order valence-corrected chi connectivity index (χ4v) is 5.14. The van der Waals surface area contributed by atoms with Gasteiger partial charge in [0.2, 0.25) is 12.7 Å². The van der Waals surface area contributed by atoms with E-state index < -0.39 is 5.25 Å². The number of hydrogen-bond donors (Lipinski definition) is 1. The Morgan fingerprint density at radius 2 is 1.89 bits per heavy atom. The van der Waals surface area contributed by atoms with Gasteiger partial charge in [-0.1, -0.05) is 43.0 Å². The number of carbonyl (C=O) groups excluding carboxylic acids is 1. The van der Waals surface area contributed by atoms with Gasteiger partial charge in [-0.05, 0) is 54.8 Å². The number of fused-ring (bicyclic) bond motifs is 2. The first-order chi connectivity index (χ1) is 17.9. The Morgan fingerprint density at radius 1 is 1.14 bits per heavy atom. The van der Waals surface area contributed by atoms with E-state index in [1.807, 2.05) is 62.4 Å². The van der Waals surface area contributed by atoms with Crippen molar-refractivity contribution in [2.24, 2.45) is 0 Å². The molecule has 9 heteroatoms. The Hall–Kier alpha value is -3.98. The average molecular weight is 518 g/mol. The van der Waals surface area contributed by atoms with Gasteiger partial charge < -0.3 is 19.5 Å². The van der Waals surface area contributed by atoms with Crippen molar-refractivity contribution in [2.75, 3.05) is 19.2 Å². The molecule has 4 aromatic rings. The number of methoxy groups -OCH3 is 1.